The monoisotopic (exact) mass is 353 g/mol. The Kier molecular flexibility index (Phi) is 4.47. The van der Waals surface area contributed by atoms with Crippen LogP contribution in [0.5, 0.6) is 0 Å². The molecule has 1 aliphatic heterocycles. The van der Waals surface area contributed by atoms with Crippen LogP contribution in [0, 0.1) is 0 Å². The molecule has 2 aromatic rings. The molecule has 5 nitrogen and oxygen atoms in total. The van der Waals surface area contributed by atoms with Gasteiger partial charge in [-0.3, -0.25) is 4.57 Å². The number of aromatic amines is 1. The minimum absolute atomic E-state index is 0.0692. The number of imidazole rings is 1. The van der Waals surface area contributed by atoms with Crippen molar-refractivity contribution < 1.29 is 5.11 Å². The summed E-state index contributed by atoms with van der Waals surface area (Å²) in [5, 5.41) is 13.3. The first-order valence-corrected chi connectivity index (χ1v) is 8.24. The van der Waals surface area contributed by atoms with E-state index in [0.29, 0.717) is 6.54 Å². The molecule has 0 amide bonds. The molecule has 114 valence electrons. The van der Waals surface area contributed by atoms with Crippen LogP contribution in [0.4, 0.5) is 0 Å². The lowest BCUT2D eigenvalue weighted by atomic mass is 9.97. The van der Waals surface area contributed by atoms with Crippen LogP contribution in [0.1, 0.15) is 25.7 Å². The maximum Gasteiger partial charge on any atom is 0.326 e. The van der Waals surface area contributed by atoms with Crippen molar-refractivity contribution in [2.24, 2.45) is 0 Å². The molecule has 0 radical (unpaired) electrons. The van der Waals surface area contributed by atoms with Crippen molar-refractivity contribution in [3.05, 3.63) is 33.2 Å². The Morgan fingerprint density at radius 2 is 2.29 bits per heavy atom. The van der Waals surface area contributed by atoms with E-state index in [1.165, 1.54) is 0 Å². The smallest absolute Gasteiger partial charge is 0.326 e. The Morgan fingerprint density at radius 3 is 3.10 bits per heavy atom. The quantitative estimate of drug-likeness (QED) is 0.787. The van der Waals surface area contributed by atoms with Gasteiger partial charge in [0.15, 0.2) is 0 Å². The number of H-pyrrole nitrogens is 1. The Labute approximate surface area is 131 Å². The van der Waals surface area contributed by atoms with Gasteiger partial charge in [-0.15, -0.1) is 0 Å². The molecule has 1 aliphatic rings. The van der Waals surface area contributed by atoms with Gasteiger partial charge in [-0.05, 0) is 50.4 Å². The van der Waals surface area contributed by atoms with Gasteiger partial charge in [0.2, 0.25) is 0 Å². The van der Waals surface area contributed by atoms with Gasteiger partial charge in [0.05, 0.1) is 17.1 Å². The number of hydrogen-bond acceptors (Lipinski definition) is 3. The van der Waals surface area contributed by atoms with Crippen molar-refractivity contribution >= 4 is 27.0 Å². The number of hydrogen-bond donors (Lipinski definition) is 3. The van der Waals surface area contributed by atoms with Gasteiger partial charge in [0, 0.05) is 17.1 Å². The van der Waals surface area contributed by atoms with Gasteiger partial charge >= 0.3 is 5.69 Å². The van der Waals surface area contributed by atoms with Gasteiger partial charge in [-0.25, -0.2) is 4.79 Å². The van der Waals surface area contributed by atoms with Crippen LogP contribution < -0.4 is 11.0 Å². The van der Waals surface area contributed by atoms with Crippen LogP contribution in [0.15, 0.2) is 27.5 Å². The van der Waals surface area contributed by atoms with Crippen LogP contribution >= 0.6 is 15.9 Å². The third-order valence-electron chi connectivity index (χ3n) is 4.18. The maximum absolute atomic E-state index is 12.0. The summed E-state index contributed by atoms with van der Waals surface area (Å²) in [5.74, 6) is 0. The van der Waals surface area contributed by atoms with E-state index >= 15 is 0 Å². The van der Waals surface area contributed by atoms with E-state index in [-0.39, 0.29) is 17.8 Å². The second kappa shape index (κ2) is 6.34. The summed E-state index contributed by atoms with van der Waals surface area (Å²) in [4.78, 5) is 14.9. The molecule has 3 N–H and O–H groups in total. The first kappa shape index (κ1) is 14.8. The van der Waals surface area contributed by atoms with Crippen molar-refractivity contribution in [3.63, 3.8) is 0 Å². The number of rotatable bonds is 4. The number of nitrogens with one attached hydrogen (secondary N) is 2. The van der Waals surface area contributed by atoms with E-state index in [9.17, 15) is 9.90 Å². The number of benzene rings is 1. The third kappa shape index (κ3) is 3.22. The Hall–Kier alpha value is -1.11. The minimum Gasteiger partial charge on any atom is -0.392 e. The Bertz CT molecular complexity index is 679. The third-order valence-corrected chi connectivity index (χ3v) is 4.67. The molecule has 21 heavy (non-hydrogen) atoms. The van der Waals surface area contributed by atoms with Gasteiger partial charge in [0.25, 0.3) is 0 Å². The lowest BCUT2D eigenvalue weighted by Gasteiger charge is -2.28. The van der Waals surface area contributed by atoms with Gasteiger partial charge in [-0.2, -0.15) is 0 Å². The predicted molar refractivity (Wildman–Crippen MR) is 86.5 cm³/mol. The summed E-state index contributed by atoms with van der Waals surface area (Å²) >= 11 is 3.41. The topological polar surface area (TPSA) is 70.0 Å². The van der Waals surface area contributed by atoms with Crippen LogP contribution in [-0.2, 0) is 6.54 Å². The number of aryl methyl sites for hydroxylation is 1. The summed E-state index contributed by atoms with van der Waals surface area (Å²) in [7, 11) is 0. The molecule has 1 saturated heterocycles. The molecule has 3 rings (SSSR count). The molecule has 0 saturated carbocycles. The van der Waals surface area contributed by atoms with E-state index in [1.807, 2.05) is 18.2 Å². The summed E-state index contributed by atoms with van der Waals surface area (Å²) in [5.41, 5.74) is 1.71. The average Bonchev–Trinajstić information content (AvgIpc) is 2.76. The number of halogens is 1. The fraction of sp³-hybridized carbons (Fsp3) is 0.533. The zero-order valence-corrected chi connectivity index (χ0v) is 13.4. The molecule has 0 spiro atoms. The highest BCUT2D eigenvalue weighted by molar-refractivity contribution is 9.10. The van der Waals surface area contributed by atoms with Crippen molar-refractivity contribution in [3.8, 4) is 0 Å². The van der Waals surface area contributed by atoms with Crippen LogP contribution in [0.2, 0.25) is 0 Å². The zero-order chi connectivity index (χ0) is 14.8. The zero-order valence-electron chi connectivity index (χ0n) is 11.8. The fourth-order valence-electron chi connectivity index (χ4n) is 3.06. The number of nitrogens with zero attached hydrogens (tertiary/aromatic N) is 1. The second-order valence-corrected chi connectivity index (χ2v) is 6.57. The summed E-state index contributed by atoms with van der Waals surface area (Å²) < 4.78 is 2.73. The lowest BCUT2D eigenvalue weighted by Crippen LogP contribution is -2.44. The summed E-state index contributed by atoms with van der Waals surface area (Å²) in [6.45, 7) is 1.65. The van der Waals surface area contributed by atoms with Gasteiger partial charge in [-0.1, -0.05) is 15.9 Å². The summed E-state index contributed by atoms with van der Waals surface area (Å²) in [6, 6.07) is 5.97. The fourth-order valence-corrected chi connectivity index (χ4v) is 3.42. The molecule has 6 heteroatoms. The van der Waals surface area contributed by atoms with Gasteiger partial charge < -0.3 is 15.4 Å². The highest BCUT2D eigenvalue weighted by atomic mass is 79.9. The maximum atomic E-state index is 12.0. The lowest BCUT2D eigenvalue weighted by molar-refractivity contribution is 0.0909. The molecule has 0 aliphatic carbocycles. The second-order valence-electron chi connectivity index (χ2n) is 5.66. The Balaban J connectivity index is 1.68. The first-order valence-electron chi connectivity index (χ1n) is 7.44. The molecular formula is C15H20BrN3O2. The largest absolute Gasteiger partial charge is 0.392 e. The van der Waals surface area contributed by atoms with Crippen LogP contribution in [0.3, 0.4) is 0 Å². The highest BCUT2D eigenvalue weighted by Gasteiger charge is 2.21. The van der Waals surface area contributed by atoms with Crippen molar-refractivity contribution in [2.45, 2.75) is 44.4 Å². The predicted octanol–water partition coefficient (Wildman–Crippen LogP) is 1.99. The number of piperidine rings is 1. The summed E-state index contributed by atoms with van der Waals surface area (Å²) in [6.07, 6.45) is 3.41. The van der Waals surface area contributed by atoms with Crippen molar-refractivity contribution in [1.29, 1.82) is 0 Å². The molecule has 2 atom stereocenters. The molecule has 0 bridgehead atoms. The highest BCUT2D eigenvalue weighted by Crippen LogP contribution is 2.18. The van der Waals surface area contributed by atoms with E-state index in [1.54, 1.807) is 4.57 Å². The standard InChI is InChI=1S/C15H20BrN3O2/c16-10-5-6-13-12(9-10)18-15(21)19(13)8-2-3-11-14(20)4-1-7-17-11/h5-6,9,11,14,17,20H,1-4,7-8H2,(H,18,21)/t11-,14+/m1/s1. The van der Waals surface area contributed by atoms with Crippen molar-refractivity contribution in [2.75, 3.05) is 6.54 Å². The average molecular weight is 354 g/mol. The number of aliphatic hydroxyl groups excluding tert-OH is 1. The van der Waals surface area contributed by atoms with Crippen molar-refractivity contribution in [1.82, 2.24) is 14.9 Å². The first-order chi connectivity index (χ1) is 10.1. The molecule has 1 fully saturated rings. The minimum atomic E-state index is -0.255. The molecule has 1 aromatic heterocycles. The van der Waals surface area contributed by atoms with Gasteiger partial charge in [0.1, 0.15) is 0 Å². The molecule has 0 unspecified atom stereocenters. The molecule has 1 aromatic carbocycles. The number of aromatic nitrogens is 2. The van der Waals surface area contributed by atoms with E-state index < -0.39 is 0 Å². The van der Waals surface area contributed by atoms with E-state index in [0.717, 1.165) is 47.7 Å². The normalized spacial score (nSPS) is 22.8. The number of fused-ring (bicyclic) bond motifs is 1. The SMILES string of the molecule is O=c1[nH]c2cc(Br)ccc2n1CCC[C@H]1NCCC[C@@H]1O. The Morgan fingerprint density at radius 1 is 1.43 bits per heavy atom. The van der Waals surface area contributed by atoms with E-state index in [2.05, 4.69) is 26.2 Å². The van der Waals surface area contributed by atoms with E-state index in [4.69, 9.17) is 0 Å². The molecule has 2 heterocycles. The van der Waals surface area contributed by atoms with Crippen LogP contribution in [-0.4, -0.2) is 33.3 Å². The molecular weight excluding hydrogens is 334 g/mol. The van der Waals surface area contributed by atoms with Crippen LogP contribution in [0.25, 0.3) is 11.0 Å². The number of aliphatic hydroxyl groups is 1.